The van der Waals surface area contributed by atoms with Crippen LogP contribution in [0.4, 0.5) is 0 Å². The van der Waals surface area contributed by atoms with Gasteiger partial charge in [0.15, 0.2) is 0 Å². The Bertz CT molecular complexity index is 580. The van der Waals surface area contributed by atoms with Gasteiger partial charge in [0.25, 0.3) is 0 Å². The summed E-state index contributed by atoms with van der Waals surface area (Å²) in [6.45, 7) is 2.21. The summed E-state index contributed by atoms with van der Waals surface area (Å²) in [4.78, 5) is 2.34. The number of benzene rings is 1. The number of fused-ring (bicyclic) bond motifs is 1. The minimum atomic E-state index is 1.06. The second-order valence-corrected chi connectivity index (χ2v) is 4.78. The maximum absolute atomic E-state index is 4.28. The minimum absolute atomic E-state index is 1.06. The van der Waals surface area contributed by atoms with Crippen LogP contribution in [0.1, 0.15) is 12.0 Å². The molecule has 0 radical (unpaired) electrons. The van der Waals surface area contributed by atoms with Crippen LogP contribution in [-0.2, 0) is 7.05 Å². The predicted octanol–water partition coefficient (Wildman–Crippen LogP) is 2.29. The van der Waals surface area contributed by atoms with Crippen molar-refractivity contribution in [2.75, 3.05) is 20.1 Å². The maximum atomic E-state index is 4.28. The van der Waals surface area contributed by atoms with Crippen molar-refractivity contribution in [3.8, 4) is 0 Å². The Morgan fingerprint density at radius 1 is 1.24 bits per heavy atom. The fourth-order valence-corrected chi connectivity index (χ4v) is 2.40. The average molecular weight is 227 g/mol. The van der Waals surface area contributed by atoms with Gasteiger partial charge in [-0.2, -0.15) is 5.10 Å². The Kier molecular flexibility index (Phi) is 2.48. The smallest absolute Gasteiger partial charge is 0.0679 e. The molecule has 1 aliphatic heterocycles. The predicted molar refractivity (Wildman–Crippen MR) is 70.8 cm³/mol. The zero-order valence-corrected chi connectivity index (χ0v) is 10.3. The Morgan fingerprint density at radius 3 is 2.88 bits per heavy atom. The standard InChI is InChI=1S/C14H17N3/c1-16-7-5-11(6-8-16)12-3-4-14-13(9-12)10-15-17(14)2/h3-5,9-10H,6-8H2,1-2H3. The van der Waals surface area contributed by atoms with Crippen LogP contribution in [-0.4, -0.2) is 34.8 Å². The Morgan fingerprint density at radius 2 is 2.12 bits per heavy atom. The molecule has 1 aromatic carbocycles. The maximum Gasteiger partial charge on any atom is 0.0679 e. The van der Waals surface area contributed by atoms with Gasteiger partial charge in [-0.05, 0) is 36.7 Å². The number of rotatable bonds is 1. The van der Waals surface area contributed by atoms with Crippen LogP contribution in [0.15, 0.2) is 30.5 Å². The lowest BCUT2D eigenvalue weighted by Gasteiger charge is -2.22. The molecule has 1 aromatic heterocycles. The third-order valence-electron chi connectivity index (χ3n) is 3.53. The Labute approximate surface area is 101 Å². The zero-order chi connectivity index (χ0) is 11.8. The van der Waals surface area contributed by atoms with Gasteiger partial charge in [0.05, 0.1) is 11.7 Å². The van der Waals surface area contributed by atoms with E-state index in [0.29, 0.717) is 0 Å². The summed E-state index contributed by atoms with van der Waals surface area (Å²) >= 11 is 0. The van der Waals surface area contributed by atoms with Crippen molar-refractivity contribution in [2.24, 2.45) is 7.05 Å². The van der Waals surface area contributed by atoms with Crippen LogP contribution in [0.3, 0.4) is 0 Å². The highest BCUT2D eigenvalue weighted by atomic mass is 15.2. The first kappa shape index (κ1) is 10.5. The summed E-state index contributed by atoms with van der Waals surface area (Å²) in [7, 11) is 4.15. The lowest BCUT2D eigenvalue weighted by molar-refractivity contribution is 0.370. The Balaban J connectivity index is 2.01. The number of hydrogen-bond donors (Lipinski definition) is 0. The summed E-state index contributed by atoms with van der Waals surface area (Å²) in [6.07, 6.45) is 5.41. The summed E-state index contributed by atoms with van der Waals surface area (Å²) < 4.78 is 1.92. The lowest BCUT2D eigenvalue weighted by atomic mass is 9.99. The van der Waals surface area contributed by atoms with E-state index < -0.39 is 0 Å². The third-order valence-corrected chi connectivity index (χ3v) is 3.53. The van der Waals surface area contributed by atoms with E-state index in [4.69, 9.17) is 0 Å². The summed E-state index contributed by atoms with van der Waals surface area (Å²) in [5, 5.41) is 5.51. The number of aromatic nitrogens is 2. The van der Waals surface area contributed by atoms with Crippen LogP contribution in [0.5, 0.6) is 0 Å². The molecule has 0 saturated heterocycles. The van der Waals surface area contributed by atoms with Gasteiger partial charge in [-0.1, -0.05) is 12.1 Å². The van der Waals surface area contributed by atoms with Crippen LogP contribution < -0.4 is 0 Å². The van der Waals surface area contributed by atoms with Crippen molar-refractivity contribution < 1.29 is 0 Å². The SMILES string of the molecule is CN1CC=C(c2ccc3c(cnn3C)c2)CC1. The normalized spacial score (nSPS) is 17.4. The molecule has 0 fully saturated rings. The molecule has 2 aromatic rings. The van der Waals surface area contributed by atoms with Crippen molar-refractivity contribution in [1.82, 2.24) is 14.7 Å². The molecule has 88 valence electrons. The highest BCUT2D eigenvalue weighted by Crippen LogP contribution is 2.25. The van der Waals surface area contributed by atoms with E-state index in [2.05, 4.69) is 41.3 Å². The summed E-state index contributed by atoms with van der Waals surface area (Å²) in [5.74, 6) is 0. The van der Waals surface area contributed by atoms with Gasteiger partial charge >= 0.3 is 0 Å². The molecule has 3 rings (SSSR count). The first-order valence-corrected chi connectivity index (χ1v) is 6.04. The van der Waals surface area contributed by atoms with Crippen molar-refractivity contribution in [2.45, 2.75) is 6.42 Å². The zero-order valence-electron chi connectivity index (χ0n) is 10.3. The molecule has 2 heterocycles. The van der Waals surface area contributed by atoms with Gasteiger partial charge in [0.2, 0.25) is 0 Å². The van der Waals surface area contributed by atoms with Crippen LogP contribution in [0, 0.1) is 0 Å². The van der Waals surface area contributed by atoms with E-state index in [9.17, 15) is 0 Å². The molecule has 0 amide bonds. The molecule has 0 bridgehead atoms. The molecule has 0 N–H and O–H groups in total. The van der Waals surface area contributed by atoms with Gasteiger partial charge in [-0.15, -0.1) is 0 Å². The van der Waals surface area contributed by atoms with Gasteiger partial charge in [-0.25, -0.2) is 0 Å². The van der Waals surface area contributed by atoms with E-state index in [1.165, 1.54) is 22.0 Å². The lowest BCUT2D eigenvalue weighted by Crippen LogP contribution is -2.23. The molecular formula is C14H17N3. The van der Waals surface area contributed by atoms with Crippen LogP contribution in [0.2, 0.25) is 0 Å². The van der Waals surface area contributed by atoms with E-state index in [-0.39, 0.29) is 0 Å². The van der Waals surface area contributed by atoms with Gasteiger partial charge in [0, 0.05) is 25.5 Å². The van der Waals surface area contributed by atoms with Crippen molar-refractivity contribution >= 4 is 16.5 Å². The Hall–Kier alpha value is -1.61. The number of nitrogens with zero attached hydrogens (tertiary/aromatic N) is 3. The van der Waals surface area contributed by atoms with Gasteiger partial charge in [-0.3, -0.25) is 4.68 Å². The molecule has 3 heteroatoms. The fraction of sp³-hybridized carbons (Fsp3) is 0.357. The molecule has 0 aliphatic carbocycles. The monoisotopic (exact) mass is 227 g/mol. The number of aryl methyl sites for hydroxylation is 1. The molecule has 0 spiro atoms. The van der Waals surface area contributed by atoms with E-state index in [0.717, 1.165) is 19.5 Å². The first-order chi connectivity index (χ1) is 8.24. The number of likely N-dealkylation sites (N-methyl/N-ethyl adjacent to an activating group) is 1. The largest absolute Gasteiger partial charge is 0.302 e. The second kappa shape index (κ2) is 4.00. The quantitative estimate of drug-likeness (QED) is 0.745. The molecule has 0 atom stereocenters. The van der Waals surface area contributed by atoms with Crippen LogP contribution in [0.25, 0.3) is 16.5 Å². The van der Waals surface area contributed by atoms with Crippen molar-refractivity contribution in [3.05, 3.63) is 36.0 Å². The summed E-state index contributed by atoms with van der Waals surface area (Å²) in [5.41, 5.74) is 4.01. The fourth-order valence-electron chi connectivity index (χ4n) is 2.40. The average Bonchev–Trinajstić information content (AvgIpc) is 2.72. The van der Waals surface area contributed by atoms with E-state index in [1.54, 1.807) is 0 Å². The van der Waals surface area contributed by atoms with Crippen LogP contribution >= 0.6 is 0 Å². The highest BCUT2D eigenvalue weighted by Gasteiger charge is 2.10. The van der Waals surface area contributed by atoms with Gasteiger partial charge in [0.1, 0.15) is 0 Å². The summed E-state index contributed by atoms with van der Waals surface area (Å²) in [6, 6.07) is 6.62. The molecule has 0 saturated carbocycles. The molecular weight excluding hydrogens is 210 g/mol. The minimum Gasteiger partial charge on any atom is -0.302 e. The van der Waals surface area contributed by atoms with Crippen molar-refractivity contribution in [1.29, 1.82) is 0 Å². The molecule has 3 nitrogen and oxygen atoms in total. The third kappa shape index (κ3) is 1.87. The molecule has 1 aliphatic rings. The number of hydrogen-bond acceptors (Lipinski definition) is 2. The topological polar surface area (TPSA) is 21.1 Å². The molecule has 0 unspecified atom stereocenters. The second-order valence-electron chi connectivity index (χ2n) is 4.78. The van der Waals surface area contributed by atoms with Gasteiger partial charge < -0.3 is 4.90 Å². The highest BCUT2D eigenvalue weighted by molar-refractivity contribution is 5.83. The van der Waals surface area contributed by atoms with E-state index in [1.807, 2.05) is 17.9 Å². The van der Waals surface area contributed by atoms with E-state index >= 15 is 0 Å². The first-order valence-electron chi connectivity index (χ1n) is 6.04. The molecule has 17 heavy (non-hydrogen) atoms. The van der Waals surface area contributed by atoms with Crippen molar-refractivity contribution in [3.63, 3.8) is 0 Å².